The summed E-state index contributed by atoms with van der Waals surface area (Å²) >= 11 is 5.75. The zero-order chi connectivity index (χ0) is 12.9. The van der Waals surface area contributed by atoms with Gasteiger partial charge in [0.1, 0.15) is 10.8 Å². The van der Waals surface area contributed by atoms with Gasteiger partial charge in [-0.05, 0) is 32.9 Å². The molecule has 94 valence electrons. The van der Waals surface area contributed by atoms with Gasteiger partial charge in [0.15, 0.2) is 0 Å². The van der Waals surface area contributed by atoms with E-state index in [1.807, 2.05) is 32.9 Å². The van der Waals surface area contributed by atoms with Crippen molar-refractivity contribution in [3.63, 3.8) is 0 Å². The second kappa shape index (κ2) is 5.87. The molecule has 0 spiro atoms. The fraction of sp³-hybridized carbons (Fsp3) is 0.500. The van der Waals surface area contributed by atoms with Crippen LogP contribution in [0.4, 0.5) is 4.79 Å². The first-order chi connectivity index (χ1) is 7.87. The van der Waals surface area contributed by atoms with Crippen LogP contribution in [0.25, 0.3) is 0 Å². The molecule has 0 aromatic carbocycles. The van der Waals surface area contributed by atoms with Crippen molar-refractivity contribution in [2.45, 2.75) is 32.8 Å². The number of rotatable bonds is 3. The molecule has 17 heavy (non-hydrogen) atoms. The van der Waals surface area contributed by atoms with Crippen LogP contribution in [0, 0.1) is 0 Å². The molecule has 1 N–H and O–H groups in total. The van der Waals surface area contributed by atoms with E-state index in [4.69, 9.17) is 16.3 Å². The largest absolute Gasteiger partial charge is 0.444 e. The number of carbonyl (C=O) groups excluding carboxylic acids is 1. The normalized spacial score (nSPS) is 11.1. The molecule has 0 radical (unpaired) electrons. The summed E-state index contributed by atoms with van der Waals surface area (Å²) in [5.74, 6) is 0. The topological polar surface area (TPSA) is 51.2 Å². The van der Waals surface area contributed by atoms with E-state index in [0.29, 0.717) is 18.1 Å². The fourth-order valence-corrected chi connectivity index (χ4v) is 1.38. The number of amides is 1. The lowest BCUT2D eigenvalue weighted by Gasteiger charge is -2.19. The van der Waals surface area contributed by atoms with Gasteiger partial charge in [0, 0.05) is 18.7 Å². The highest BCUT2D eigenvalue weighted by molar-refractivity contribution is 6.29. The standard InChI is InChI=1S/C12H17ClN2O2/c1-12(2,3)17-11(16)14-8-7-9-5-4-6-10(13)15-9/h4-6H,7-8H2,1-3H3,(H,14,16). The van der Waals surface area contributed by atoms with Gasteiger partial charge in [-0.1, -0.05) is 17.7 Å². The average Bonchev–Trinajstić information content (AvgIpc) is 2.14. The summed E-state index contributed by atoms with van der Waals surface area (Å²) in [6.07, 6.45) is 0.208. The van der Waals surface area contributed by atoms with Gasteiger partial charge in [-0.15, -0.1) is 0 Å². The Morgan fingerprint density at radius 3 is 2.76 bits per heavy atom. The van der Waals surface area contributed by atoms with Crippen LogP contribution in [0.5, 0.6) is 0 Å². The van der Waals surface area contributed by atoms with Gasteiger partial charge in [0.2, 0.25) is 0 Å². The molecule has 4 nitrogen and oxygen atoms in total. The van der Waals surface area contributed by atoms with Crippen molar-refractivity contribution in [1.29, 1.82) is 0 Å². The van der Waals surface area contributed by atoms with Crippen LogP contribution in [0.1, 0.15) is 26.5 Å². The monoisotopic (exact) mass is 256 g/mol. The van der Waals surface area contributed by atoms with Crippen molar-refractivity contribution in [2.24, 2.45) is 0 Å². The number of nitrogens with zero attached hydrogens (tertiary/aromatic N) is 1. The summed E-state index contributed by atoms with van der Waals surface area (Å²) in [7, 11) is 0. The Morgan fingerprint density at radius 1 is 1.47 bits per heavy atom. The molecule has 1 amide bonds. The first-order valence-corrected chi connectivity index (χ1v) is 5.83. The maximum absolute atomic E-state index is 11.3. The molecule has 5 heteroatoms. The van der Waals surface area contributed by atoms with Gasteiger partial charge in [0.25, 0.3) is 0 Å². The van der Waals surface area contributed by atoms with Gasteiger partial charge in [-0.25, -0.2) is 9.78 Å². The third kappa shape index (κ3) is 6.12. The molecule has 1 aromatic heterocycles. The minimum atomic E-state index is -0.474. The summed E-state index contributed by atoms with van der Waals surface area (Å²) in [4.78, 5) is 15.5. The van der Waals surface area contributed by atoms with Crippen molar-refractivity contribution in [3.05, 3.63) is 29.0 Å². The number of aromatic nitrogens is 1. The third-order valence-electron chi connectivity index (χ3n) is 1.82. The highest BCUT2D eigenvalue weighted by atomic mass is 35.5. The predicted molar refractivity (Wildman–Crippen MR) is 67.2 cm³/mol. The molecule has 0 aliphatic carbocycles. The van der Waals surface area contributed by atoms with E-state index in [2.05, 4.69) is 10.3 Å². The number of halogens is 1. The van der Waals surface area contributed by atoms with Crippen LogP contribution in [-0.2, 0) is 11.2 Å². The second-order valence-corrected chi connectivity index (χ2v) is 5.02. The van der Waals surface area contributed by atoms with E-state index in [1.165, 1.54) is 0 Å². The Hall–Kier alpha value is -1.29. The molecule has 1 rings (SSSR count). The lowest BCUT2D eigenvalue weighted by atomic mass is 10.2. The van der Waals surface area contributed by atoms with Crippen LogP contribution < -0.4 is 5.32 Å². The maximum atomic E-state index is 11.3. The minimum absolute atomic E-state index is 0.417. The van der Waals surface area contributed by atoms with E-state index in [0.717, 1.165) is 5.69 Å². The van der Waals surface area contributed by atoms with E-state index < -0.39 is 11.7 Å². The SMILES string of the molecule is CC(C)(C)OC(=O)NCCc1cccc(Cl)n1. The molecule has 0 aliphatic heterocycles. The van der Waals surface area contributed by atoms with E-state index >= 15 is 0 Å². The molecule has 0 atom stereocenters. The molecule has 0 fully saturated rings. The van der Waals surface area contributed by atoms with Gasteiger partial charge < -0.3 is 10.1 Å². The Kier molecular flexibility index (Phi) is 4.75. The smallest absolute Gasteiger partial charge is 0.407 e. The first kappa shape index (κ1) is 13.8. The van der Waals surface area contributed by atoms with Gasteiger partial charge in [-0.2, -0.15) is 0 Å². The lowest BCUT2D eigenvalue weighted by Crippen LogP contribution is -2.33. The Balaban J connectivity index is 2.31. The van der Waals surface area contributed by atoms with Crippen LogP contribution in [0.15, 0.2) is 18.2 Å². The summed E-state index contributed by atoms with van der Waals surface area (Å²) in [5.41, 5.74) is 0.367. The zero-order valence-corrected chi connectivity index (χ0v) is 11.0. The first-order valence-electron chi connectivity index (χ1n) is 5.45. The molecule has 1 aromatic rings. The highest BCUT2D eigenvalue weighted by Gasteiger charge is 2.15. The van der Waals surface area contributed by atoms with Crippen molar-refractivity contribution in [3.8, 4) is 0 Å². The second-order valence-electron chi connectivity index (χ2n) is 4.63. The number of pyridine rings is 1. The number of hydrogen-bond acceptors (Lipinski definition) is 3. The number of nitrogens with one attached hydrogen (secondary N) is 1. The van der Waals surface area contributed by atoms with Crippen LogP contribution in [0.2, 0.25) is 5.15 Å². The molecule has 0 aliphatic rings. The van der Waals surface area contributed by atoms with E-state index in [1.54, 1.807) is 6.07 Å². The van der Waals surface area contributed by atoms with Crippen LogP contribution >= 0.6 is 11.6 Å². The number of carbonyl (C=O) groups is 1. The van der Waals surface area contributed by atoms with E-state index in [9.17, 15) is 4.79 Å². The summed E-state index contributed by atoms with van der Waals surface area (Å²) in [6, 6.07) is 5.41. The Labute approximate surface area is 106 Å². The number of hydrogen-bond donors (Lipinski definition) is 1. The average molecular weight is 257 g/mol. The predicted octanol–water partition coefficient (Wildman–Crippen LogP) is 2.80. The summed E-state index contributed by atoms with van der Waals surface area (Å²) in [6.45, 7) is 5.95. The Morgan fingerprint density at radius 2 is 2.18 bits per heavy atom. The van der Waals surface area contributed by atoms with Gasteiger partial charge in [-0.3, -0.25) is 0 Å². The van der Waals surface area contributed by atoms with Crippen molar-refractivity contribution >= 4 is 17.7 Å². The number of alkyl carbamates (subject to hydrolysis) is 1. The molecule has 0 bridgehead atoms. The molecule has 1 heterocycles. The fourth-order valence-electron chi connectivity index (χ4n) is 1.20. The van der Waals surface area contributed by atoms with Crippen molar-refractivity contribution in [2.75, 3.05) is 6.54 Å². The van der Waals surface area contributed by atoms with Gasteiger partial charge in [0.05, 0.1) is 0 Å². The third-order valence-corrected chi connectivity index (χ3v) is 2.03. The van der Waals surface area contributed by atoms with Crippen molar-refractivity contribution < 1.29 is 9.53 Å². The number of ether oxygens (including phenoxy) is 1. The van der Waals surface area contributed by atoms with E-state index in [-0.39, 0.29) is 0 Å². The zero-order valence-electron chi connectivity index (χ0n) is 10.3. The maximum Gasteiger partial charge on any atom is 0.407 e. The minimum Gasteiger partial charge on any atom is -0.444 e. The summed E-state index contributed by atoms with van der Waals surface area (Å²) in [5, 5.41) is 3.12. The van der Waals surface area contributed by atoms with Crippen LogP contribution in [0.3, 0.4) is 0 Å². The lowest BCUT2D eigenvalue weighted by molar-refractivity contribution is 0.0528. The van der Waals surface area contributed by atoms with Crippen LogP contribution in [-0.4, -0.2) is 23.2 Å². The quantitative estimate of drug-likeness (QED) is 0.846. The van der Waals surface area contributed by atoms with Crippen molar-refractivity contribution in [1.82, 2.24) is 10.3 Å². The summed E-state index contributed by atoms with van der Waals surface area (Å²) < 4.78 is 5.10. The van der Waals surface area contributed by atoms with Gasteiger partial charge >= 0.3 is 6.09 Å². The molecular formula is C12H17ClN2O2. The Bertz CT molecular complexity index is 388. The molecule has 0 saturated heterocycles. The molecule has 0 saturated carbocycles. The highest BCUT2D eigenvalue weighted by Crippen LogP contribution is 2.07. The molecular weight excluding hydrogens is 240 g/mol. The molecule has 0 unspecified atom stereocenters.